The highest BCUT2D eigenvalue weighted by molar-refractivity contribution is 4.76. The van der Waals surface area contributed by atoms with Crippen LogP contribution < -0.4 is 0 Å². The summed E-state index contributed by atoms with van der Waals surface area (Å²) in [5, 5.41) is -3.31. The zero-order valence-electron chi connectivity index (χ0n) is 4.16. The number of hydrogen-bond acceptors (Lipinski definition) is 2. The van der Waals surface area contributed by atoms with E-state index < -0.39 is 22.7 Å². The predicted molar refractivity (Wildman–Crippen MR) is 15.8 cm³/mol. The number of nitrogens with zero attached hydrogens (tertiary/aromatic N) is 2. The Labute approximate surface area is 50.5 Å². The van der Waals surface area contributed by atoms with Crippen molar-refractivity contribution >= 4 is 0 Å². The van der Waals surface area contributed by atoms with E-state index in [9.17, 15) is 26.4 Å². The lowest BCUT2D eigenvalue weighted by Gasteiger charge is -2.01. The van der Waals surface area contributed by atoms with Crippen LogP contribution in [0.1, 0.15) is 0 Å². The van der Waals surface area contributed by atoms with Gasteiger partial charge in [-0.2, -0.15) is 22.0 Å². The molecule has 1 aliphatic rings. The minimum atomic E-state index is -5.35. The average molecular weight is 166 g/mol. The molecule has 1 aliphatic heterocycles. The molecule has 1 fully saturated rings. The molecule has 0 radical (unpaired) electrons. The van der Waals surface area contributed by atoms with Crippen LogP contribution in [0.5, 0.6) is 0 Å². The normalized spacial score (nSPS) is 37.8. The van der Waals surface area contributed by atoms with Crippen molar-refractivity contribution in [3.63, 3.8) is 0 Å². The number of hydrogen-bond donors (Lipinski definition) is 0. The smallest absolute Gasteiger partial charge is 0.166 e. The largest absolute Gasteiger partial charge is 0.482 e. The summed E-state index contributed by atoms with van der Waals surface area (Å²) in [6.45, 7) is 0. The molecule has 0 aromatic rings. The van der Waals surface area contributed by atoms with Crippen LogP contribution in [0.2, 0.25) is 0 Å². The highest BCUT2D eigenvalue weighted by Crippen LogP contribution is 2.49. The van der Waals surface area contributed by atoms with Gasteiger partial charge in [0.1, 0.15) is 0 Å². The minimum absolute atomic E-state index is 1.62. The fraction of sp³-hybridized carbons (Fsp3) is 1.00. The van der Waals surface area contributed by atoms with Gasteiger partial charge < -0.3 is 0 Å². The van der Waals surface area contributed by atoms with Gasteiger partial charge in [0.15, 0.2) is 0 Å². The fourth-order valence-corrected chi connectivity index (χ4v) is 0.414. The second kappa shape index (κ2) is 1.56. The van der Waals surface area contributed by atoms with Gasteiger partial charge in [0.2, 0.25) is 0 Å². The highest BCUT2D eigenvalue weighted by Gasteiger charge is 2.78. The SMILES string of the molecule is FN1N(C(F)(F)F)C1(F)F. The first-order chi connectivity index (χ1) is 4.28. The second-order valence-electron chi connectivity index (χ2n) is 1.55. The number of rotatable bonds is 0. The van der Waals surface area contributed by atoms with E-state index in [2.05, 4.69) is 0 Å². The van der Waals surface area contributed by atoms with Crippen LogP contribution in [0.15, 0.2) is 0 Å². The third-order valence-electron chi connectivity index (χ3n) is 0.853. The minimum Gasteiger partial charge on any atom is -0.166 e. The van der Waals surface area contributed by atoms with Gasteiger partial charge in [-0.3, -0.25) is 0 Å². The lowest BCUT2D eigenvalue weighted by atomic mass is 11.0. The zero-order valence-corrected chi connectivity index (χ0v) is 4.16. The van der Waals surface area contributed by atoms with Crippen molar-refractivity contribution in [1.29, 1.82) is 0 Å². The van der Waals surface area contributed by atoms with Crippen LogP contribution in [-0.2, 0) is 0 Å². The molecule has 0 aliphatic carbocycles. The maximum atomic E-state index is 11.4. The van der Waals surface area contributed by atoms with Gasteiger partial charge in [-0.25, -0.2) is 0 Å². The third kappa shape index (κ3) is 0.833. The van der Waals surface area contributed by atoms with Crippen LogP contribution in [0.25, 0.3) is 0 Å². The lowest BCUT2D eigenvalue weighted by Crippen LogP contribution is -2.25. The second-order valence-corrected chi connectivity index (χ2v) is 1.55. The molecule has 2 nitrogen and oxygen atoms in total. The number of halogens is 6. The van der Waals surface area contributed by atoms with Gasteiger partial charge in [-0.15, -0.1) is 4.48 Å². The van der Waals surface area contributed by atoms with Gasteiger partial charge in [0, 0.05) is 5.23 Å². The topological polar surface area (TPSA) is 6.02 Å². The highest BCUT2D eigenvalue weighted by atomic mass is 19.4. The van der Waals surface area contributed by atoms with Gasteiger partial charge in [0.05, 0.1) is 0 Å². The summed E-state index contributed by atoms with van der Waals surface area (Å²) in [7, 11) is 0. The Morgan fingerprint density at radius 3 is 1.40 bits per heavy atom. The van der Waals surface area contributed by atoms with Gasteiger partial charge >= 0.3 is 12.5 Å². The van der Waals surface area contributed by atoms with Gasteiger partial charge in [-0.1, -0.05) is 0 Å². The summed E-state index contributed by atoms with van der Waals surface area (Å²) in [6, 6.07) is 0. The summed E-state index contributed by atoms with van der Waals surface area (Å²) >= 11 is 0. The summed E-state index contributed by atoms with van der Waals surface area (Å²) in [5.74, 6) is 0. The Bertz CT molecular complexity index is 140. The molecule has 1 saturated heterocycles. The molecule has 0 aromatic heterocycles. The molecular weight excluding hydrogens is 166 g/mol. The standard InChI is InChI=1S/C2F6N2/c3-1(4,5)9-2(6,7)10(9)8. The number of alkyl halides is 5. The molecule has 1 heterocycles. The molecule has 0 spiro atoms. The van der Waals surface area contributed by atoms with Crippen molar-refractivity contribution in [2.45, 2.75) is 12.5 Å². The van der Waals surface area contributed by atoms with Crippen molar-refractivity contribution in [2.75, 3.05) is 0 Å². The van der Waals surface area contributed by atoms with Crippen molar-refractivity contribution in [1.82, 2.24) is 10.2 Å². The molecule has 2 atom stereocenters. The predicted octanol–water partition coefficient (Wildman–Crippen LogP) is 1.47. The van der Waals surface area contributed by atoms with E-state index in [-0.39, 0.29) is 0 Å². The molecular formula is C2F6N2. The molecule has 0 aromatic carbocycles. The number of hydrazine groups is 1. The van der Waals surface area contributed by atoms with Crippen LogP contribution in [0.4, 0.5) is 26.4 Å². The maximum Gasteiger partial charge on any atom is 0.482 e. The molecule has 60 valence electrons. The Morgan fingerprint density at radius 2 is 1.40 bits per heavy atom. The first kappa shape index (κ1) is 7.61. The molecule has 2 unspecified atom stereocenters. The Morgan fingerprint density at radius 1 is 1.10 bits per heavy atom. The average Bonchev–Trinajstić information content (AvgIpc) is 2.03. The van der Waals surface area contributed by atoms with E-state index in [0.717, 1.165) is 0 Å². The third-order valence-corrected chi connectivity index (χ3v) is 0.853. The van der Waals surface area contributed by atoms with E-state index in [0.29, 0.717) is 0 Å². The first-order valence-corrected chi connectivity index (χ1v) is 1.98. The maximum absolute atomic E-state index is 11.4. The fourth-order valence-electron chi connectivity index (χ4n) is 0.414. The quantitative estimate of drug-likeness (QED) is 0.232. The first-order valence-electron chi connectivity index (χ1n) is 1.98. The summed E-state index contributed by atoms with van der Waals surface area (Å²) in [5.41, 5.74) is 0. The summed E-state index contributed by atoms with van der Waals surface area (Å²) < 4.78 is 67.7. The van der Waals surface area contributed by atoms with Gasteiger partial charge in [-0.05, 0) is 5.01 Å². The zero-order chi connectivity index (χ0) is 8.15. The van der Waals surface area contributed by atoms with Crippen molar-refractivity contribution < 1.29 is 26.4 Å². The van der Waals surface area contributed by atoms with Crippen molar-refractivity contribution in [3.8, 4) is 0 Å². The molecule has 8 heteroatoms. The van der Waals surface area contributed by atoms with Gasteiger partial charge in [0.25, 0.3) is 0 Å². The molecule has 0 N–H and O–H groups in total. The lowest BCUT2D eigenvalue weighted by molar-refractivity contribution is -0.254. The monoisotopic (exact) mass is 166 g/mol. The van der Waals surface area contributed by atoms with E-state index in [1.54, 1.807) is 0 Å². The molecule has 0 saturated carbocycles. The Balaban J connectivity index is 2.66. The molecule has 1 rings (SSSR count). The van der Waals surface area contributed by atoms with Crippen molar-refractivity contribution in [2.24, 2.45) is 0 Å². The Kier molecular flexibility index (Phi) is 1.19. The van der Waals surface area contributed by atoms with Crippen LogP contribution >= 0.6 is 0 Å². The molecule has 0 amide bonds. The molecule has 0 bridgehead atoms. The van der Waals surface area contributed by atoms with E-state index in [1.165, 1.54) is 0 Å². The van der Waals surface area contributed by atoms with E-state index >= 15 is 0 Å². The van der Waals surface area contributed by atoms with Crippen LogP contribution in [0, 0.1) is 0 Å². The van der Waals surface area contributed by atoms with E-state index in [1.807, 2.05) is 0 Å². The Hall–Kier alpha value is -0.500. The van der Waals surface area contributed by atoms with Crippen LogP contribution in [0.3, 0.4) is 0 Å². The summed E-state index contributed by atoms with van der Waals surface area (Å²) in [4.78, 5) is 0. The molecule has 10 heavy (non-hydrogen) atoms. The van der Waals surface area contributed by atoms with E-state index in [4.69, 9.17) is 0 Å². The summed E-state index contributed by atoms with van der Waals surface area (Å²) in [6.07, 6.45) is -9.86. The van der Waals surface area contributed by atoms with Crippen molar-refractivity contribution in [3.05, 3.63) is 0 Å². The van der Waals surface area contributed by atoms with Crippen LogP contribution in [-0.4, -0.2) is 22.7 Å².